The summed E-state index contributed by atoms with van der Waals surface area (Å²) < 4.78 is 13.2. The third-order valence-corrected chi connectivity index (χ3v) is 5.58. The van der Waals surface area contributed by atoms with Crippen molar-refractivity contribution in [2.75, 3.05) is 37.7 Å². The third-order valence-electron chi connectivity index (χ3n) is 5.58. The summed E-state index contributed by atoms with van der Waals surface area (Å²) in [5.74, 6) is 0.423. The van der Waals surface area contributed by atoms with E-state index in [4.69, 9.17) is 0 Å². The summed E-state index contributed by atoms with van der Waals surface area (Å²) in [6.45, 7) is 12.3. The molecular weight excluding hydrogens is 343 g/mol. The molecule has 1 fully saturated rings. The van der Waals surface area contributed by atoms with Gasteiger partial charge < -0.3 is 10.0 Å². The van der Waals surface area contributed by atoms with Crippen LogP contribution in [0.5, 0.6) is 0 Å². The number of benzene rings is 1. The maximum atomic E-state index is 13.2. The molecule has 0 spiro atoms. The lowest BCUT2D eigenvalue weighted by Crippen LogP contribution is -2.53. The van der Waals surface area contributed by atoms with Crippen molar-refractivity contribution in [2.45, 2.75) is 38.6 Å². The van der Waals surface area contributed by atoms with Crippen molar-refractivity contribution in [3.05, 3.63) is 53.6 Å². The quantitative estimate of drug-likeness (QED) is 0.894. The molecule has 0 saturated carbocycles. The monoisotopic (exact) mass is 372 g/mol. The molecule has 27 heavy (non-hydrogen) atoms. The number of hydrogen-bond donors (Lipinski definition) is 1. The fraction of sp³-hybridized carbons (Fsp3) is 0.524. The summed E-state index contributed by atoms with van der Waals surface area (Å²) in [6, 6.07) is 6.22. The number of piperazine rings is 1. The summed E-state index contributed by atoms with van der Waals surface area (Å²) in [5.41, 5.74) is 1.15. The SMILES string of the molecule is CC(CO)(c1ccc(F)cc1)c1cnc(N2CCN(C(C)(C)C)CC2)nc1. The second kappa shape index (κ2) is 7.52. The van der Waals surface area contributed by atoms with Crippen molar-refractivity contribution in [3.63, 3.8) is 0 Å². The predicted octanol–water partition coefficient (Wildman–Crippen LogP) is 2.83. The van der Waals surface area contributed by atoms with Crippen LogP contribution in [0, 0.1) is 5.82 Å². The van der Waals surface area contributed by atoms with Crippen LogP contribution in [0.25, 0.3) is 0 Å². The molecule has 0 bridgehead atoms. The topological polar surface area (TPSA) is 52.5 Å². The van der Waals surface area contributed by atoms with E-state index in [2.05, 4.69) is 40.5 Å². The molecule has 2 aromatic rings. The van der Waals surface area contributed by atoms with Gasteiger partial charge in [-0.25, -0.2) is 14.4 Å². The molecule has 0 aliphatic carbocycles. The molecule has 1 N–H and O–H groups in total. The Morgan fingerprint density at radius 1 is 0.926 bits per heavy atom. The molecule has 1 aromatic heterocycles. The average molecular weight is 372 g/mol. The van der Waals surface area contributed by atoms with Gasteiger partial charge in [-0.1, -0.05) is 12.1 Å². The van der Waals surface area contributed by atoms with Crippen molar-refractivity contribution in [3.8, 4) is 0 Å². The molecule has 6 heteroatoms. The van der Waals surface area contributed by atoms with Crippen LogP contribution in [0.15, 0.2) is 36.7 Å². The molecule has 146 valence electrons. The first-order chi connectivity index (χ1) is 12.7. The second-order valence-corrected chi connectivity index (χ2v) is 8.41. The van der Waals surface area contributed by atoms with Gasteiger partial charge in [0.2, 0.25) is 5.95 Å². The lowest BCUT2D eigenvalue weighted by atomic mass is 9.78. The van der Waals surface area contributed by atoms with Gasteiger partial charge in [-0.05, 0) is 45.4 Å². The van der Waals surface area contributed by atoms with Gasteiger partial charge >= 0.3 is 0 Å². The number of nitrogens with zero attached hydrogens (tertiary/aromatic N) is 4. The minimum atomic E-state index is -0.669. The lowest BCUT2D eigenvalue weighted by molar-refractivity contribution is 0.128. The maximum Gasteiger partial charge on any atom is 0.225 e. The maximum absolute atomic E-state index is 13.2. The molecule has 0 radical (unpaired) electrons. The molecule has 1 saturated heterocycles. The molecule has 5 nitrogen and oxygen atoms in total. The Morgan fingerprint density at radius 2 is 1.48 bits per heavy atom. The Morgan fingerprint density at radius 3 is 1.96 bits per heavy atom. The minimum absolute atomic E-state index is 0.106. The Balaban J connectivity index is 1.76. The Labute approximate surface area is 160 Å². The molecule has 3 rings (SSSR count). The van der Waals surface area contributed by atoms with Gasteiger partial charge in [0.1, 0.15) is 5.82 Å². The highest BCUT2D eigenvalue weighted by atomic mass is 19.1. The van der Waals surface area contributed by atoms with Crippen molar-refractivity contribution in [2.24, 2.45) is 0 Å². The molecular formula is C21H29FN4O. The number of rotatable bonds is 4. The number of aliphatic hydroxyl groups is 1. The van der Waals surface area contributed by atoms with E-state index >= 15 is 0 Å². The summed E-state index contributed by atoms with van der Waals surface area (Å²) >= 11 is 0. The van der Waals surface area contributed by atoms with E-state index in [9.17, 15) is 9.50 Å². The highest BCUT2D eigenvalue weighted by molar-refractivity contribution is 5.39. The van der Waals surface area contributed by atoms with E-state index in [1.807, 2.05) is 6.92 Å². The summed E-state index contributed by atoms with van der Waals surface area (Å²) in [5, 5.41) is 10.0. The standard InChI is InChI=1S/C21H29FN4O/c1-20(2,3)26-11-9-25(10-12-26)19-23-13-17(14-24-19)21(4,15-27)16-5-7-18(22)8-6-16/h5-8,13-14,27H,9-12,15H2,1-4H3. The summed E-state index contributed by atoms with van der Waals surface area (Å²) in [4.78, 5) is 13.8. The number of hydrogen-bond acceptors (Lipinski definition) is 5. The molecule has 1 aliphatic heterocycles. The summed E-state index contributed by atoms with van der Waals surface area (Å²) in [6.07, 6.45) is 3.55. The molecule has 1 unspecified atom stereocenters. The van der Waals surface area contributed by atoms with Crippen LogP contribution in [0.1, 0.15) is 38.8 Å². The molecule has 0 amide bonds. The van der Waals surface area contributed by atoms with Crippen LogP contribution in [-0.4, -0.2) is 58.3 Å². The highest BCUT2D eigenvalue weighted by Crippen LogP contribution is 2.31. The molecule has 1 atom stereocenters. The van der Waals surface area contributed by atoms with Crippen molar-refractivity contribution < 1.29 is 9.50 Å². The van der Waals surface area contributed by atoms with Gasteiger partial charge in [0.05, 0.1) is 6.61 Å². The normalized spacial score (nSPS) is 18.4. The van der Waals surface area contributed by atoms with E-state index in [1.165, 1.54) is 12.1 Å². The number of anilines is 1. The summed E-state index contributed by atoms with van der Waals surface area (Å²) in [7, 11) is 0. The second-order valence-electron chi connectivity index (χ2n) is 8.41. The van der Waals surface area contributed by atoms with Gasteiger partial charge in [0.15, 0.2) is 0 Å². The Bertz CT molecular complexity index is 749. The number of aliphatic hydroxyl groups excluding tert-OH is 1. The van der Waals surface area contributed by atoms with Crippen LogP contribution >= 0.6 is 0 Å². The molecule has 1 aliphatic rings. The van der Waals surface area contributed by atoms with Crippen LogP contribution in [0.3, 0.4) is 0 Å². The van der Waals surface area contributed by atoms with Gasteiger partial charge in [-0.3, -0.25) is 4.90 Å². The van der Waals surface area contributed by atoms with Crippen molar-refractivity contribution >= 4 is 5.95 Å². The van der Waals surface area contributed by atoms with Gasteiger partial charge in [0.25, 0.3) is 0 Å². The van der Waals surface area contributed by atoms with E-state index in [0.717, 1.165) is 37.3 Å². The van der Waals surface area contributed by atoms with Crippen LogP contribution in [-0.2, 0) is 5.41 Å². The molecule has 1 aromatic carbocycles. The fourth-order valence-electron chi connectivity index (χ4n) is 3.51. The van der Waals surface area contributed by atoms with E-state index < -0.39 is 5.41 Å². The van der Waals surface area contributed by atoms with Crippen LogP contribution in [0.4, 0.5) is 10.3 Å². The predicted molar refractivity (Wildman–Crippen MR) is 106 cm³/mol. The zero-order chi connectivity index (χ0) is 19.7. The number of aromatic nitrogens is 2. The zero-order valence-electron chi connectivity index (χ0n) is 16.6. The Kier molecular flexibility index (Phi) is 5.49. The van der Waals surface area contributed by atoms with E-state index in [0.29, 0.717) is 5.95 Å². The first kappa shape index (κ1) is 19.7. The van der Waals surface area contributed by atoms with Crippen LogP contribution < -0.4 is 4.90 Å². The first-order valence-electron chi connectivity index (χ1n) is 9.43. The van der Waals surface area contributed by atoms with Crippen molar-refractivity contribution in [1.29, 1.82) is 0 Å². The lowest BCUT2D eigenvalue weighted by Gasteiger charge is -2.42. The third kappa shape index (κ3) is 4.12. The largest absolute Gasteiger partial charge is 0.395 e. The van der Waals surface area contributed by atoms with Gasteiger partial charge in [-0.15, -0.1) is 0 Å². The van der Waals surface area contributed by atoms with Crippen LogP contribution in [0.2, 0.25) is 0 Å². The fourth-order valence-corrected chi connectivity index (χ4v) is 3.51. The smallest absolute Gasteiger partial charge is 0.225 e. The Hall–Kier alpha value is -2.05. The molecule has 2 heterocycles. The average Bonchev–Trinajstić information content (AvgIpc) is 2.67. The first-order valence-corrected chi connectivity index (χ1v) is 9.43. The van der Waals surface area contributed by atoms with Crippen molar-refractivity contribution in [1.82, 2.24) is 14.9 Å². The highest BCUT2D eigenvalue weighted by Gasteiger charge is 2.30. The van der Waals surface area contributed by atoms with E-state index in [-0.39, 0.29) is 18.0 Å². The number of halogens is 1. The van der Waals surface area contributed by atoms with Gasteiger partial charge in [-0.2, -0.15) is 0 Å². The van der Waals surface area contributed by atoms with E-state index in [1.54, 1.807) is 24.5 Å². The zero-order valence-corrected chi connectivity index (χ0v) is 16.6. The minimum Gasteiger partial charge on any atom is -0.395 e. The van der Waals surface area contributed by atoms with Gasteiger partial charge in [0, 0.05) is 55.1 Å².